The fraction of sp³-hybridized carbons (Fsp3) is 0.167. The molecular formula is C24H23N3O3. The van der Waals surface area contributed by atoms with Crippen LogP contribution in [0, 0.1) is 13.8 Å². The lowest BCUT2D eigenvalue weighted by Gasteiger charge is -2.12. The van der Waals surface area contributed by atoms with Gasteiger partial charge in [-0.15, -0.1) is 0 Å². The SMILES string of the molecule is COc1cc(OC)cc(C(=O)Nc2cc(-c3cn4ccc(C)cc4n3)ccc2C)c1. The predicted octanol–water partition coefficient (Wildman–Crippen LogP) is 4.89. The van der Waals surface area contributed by atoms with Gasteiger partial charge in [-0.3, -0.25) is 4.79 Å². The first-order valence-electron chi connectivity index (χ1n) is 9.57. The molecule has 0 atom stereocenters. The van der Waals surface area contributed by atoms with Gasteiger partial charge in [0.2, 0.25) is 0 Å². The van der Waals surface area contributed by atoms with Gasteiger partial charge in [-0.25, -0.2) is 4.98 Å². The van der Waals surface area contributed by atoms with E-state index < -0.39 is 0 Å². The maximum atomic E-state index is 12.9. The molecule has 0 bridgehead atoms. The van der Waals surface area contributed by atoms with E-state index in [4.69, 9.17) is 14.5 Å². The summed E-state index contributed by atoms with van der Waals surface area (Å²) in [7, 11) is 3.11. The standard InChI is InChI=1S/C24H23N3O3/c1-15-7-8-27-14-22(25-23(27)9-15)17-6-5-16(2)21(12-17)26-24(28)18-10-19(29-3)13-20(11-18)30-4/h5-14H,1-4H3,(H,26,28). The molecule has 1 amide bonds. The molecule has 0 aliphatic heterocycles. The first-order valence-corrected chi connectivity index (χ1v) is 9.57. The monoisotopic (exact) mass is 401 g/mol. The van der Waals surface area contributed by atoms with Crippen molar-refractivity contribution in [3.63, 3.8) is 0 Å². The van der Waals surface area contributed by atoms with E-state index in [2.05, 4.69) is 5.32 Å². The number of benzene rings is 2. The lowest BCUT2D eigenvalue weighted by atomic mass is 10.1. The highest BCUT2D eigenvalue weighted by Crippen LogP contribution is 2.27. The van der Waals surface area contributed by atoms with Crippen LogP contribution in [0.3, 0.4) is 0 Å². The van der Waals surface area contributed by atoms with E-state index in [9.17, 15) is 4.79 Å². The van der Waals surface area contributed by atoms with E-state index >= 15 is 0 Å². The van der Waals surface area contributed by atoms with Crippen molar-refractivity contribution < 1.29 is 14.3 Å². The van der Waals surface area contributed by atoms with Crippen molar-refractivity contribution >= 4 is 17.2 Å². The van der Waals surface area contributed by atoms with E-state index in [0.29, 0.717) is 17.1 Å². The van der Waals surface area contributed by atoms with Crippen molar-refractivity contribution in [2.24, 2.45) is 0 Å². The summed E-state index contributed by atoms with van der Waals surface area (Å²) in [5.41, 5.74) is 5.97. The number of anilines is 1. The van der Waals surface area contributed by atoms with Gasteiger partial charge in [0.1, 0.15) is 17.1 Å². The highest BCUT2D eigenvalue weighted by Gasteiger charge is 2.13. The Balaban J connectivity index is 1.65. The first-order chi connectivity index (χ1) is 14.5. The van der Waals surface area contributed by atoms with Gasteiger partial charge in [0.15, 0.2) is 0 Å². The van der Waals surface area contributed by atoms with Crippen LogP contribution in [0.4, 0.5) is 5.69 Å². The molecule has 6 heteroatoms. The van der Waals surface area contributed by atoms with Crippen LogP contribution in [0.5, 0.6) is 11.5 Å². The van der Waals surface area contributed by atoms with Crippen molar-refractivity contribution in [1.82, 2.24) is 9.38 Å². The molecule has 6 nitrogen and oxygen atoms in total. The van der Waals surface area contributed by atoms with Crippen LogP contribution in [-0.2, 0) is 0 Å². The number of nitrogens with zero attached hydrogens (tertiary/aromatic N) is 2. The van der Waals surface area contributed by atoms with Gasteiger partial charge in [0, 0.05) is 35.3 Å². The fourth-order valence-electron chi connectivity index (χ4n) is 3.27. The average molecular weight is 401 g/mol. The van der Waals surface area contributed by atoms with Crippen LogP contribution in [0.1, 0.15) is 21.5 Å². The summed E-state index contributed by atoms with van der Waals surface area (Å²) < 4.78 is 12.5. The number of methoxy groups -OCH3 is 2. The molecule has 0 spiro atoms. The Hall–Kier alpha value is -3.80. The number of pyridine rings is 1. The number of nitrogens with one attached hydrogen (secondary N) is 1. The Morgan fingerprint density at radius 1 is 0.967 bits per heavy atom. The van der Waals surface area contributed by atoms with Crippen molar-refractivity contribution in [1.29, 1.82) is 0 Å². The zero-order chi connectivity index (χ0) is 21.3. The molecule has 152 valence electrons. The zero-order valence-corrected chi connectivity index (χ0v) is 17.4. The molecular weight excluding hydrogens is 378 g/mol. The zero-order valence-electron chi connectivity index (χ0n) is 17.4. The van der Waals surface area contributed by atoms with Crippen LogP contribution < -0.4 is 14.8 Å². The number of carbonyl (C=O) groups is 1. The molecule has 0 saturated heterocycles. The van der Waals surface area contributed by atoms with E-state index in [1.54, 1.807) is 32.4 Å². The normalized spacial score (nSPS) is 10.8. The minimum atomic E-state index is -0.238. The smallest absolute Gasteiger partial charge is 0.255 e. The van der Waals surface area contributed by atoms with Gasteiger partial charge in [-0.05, 0) is 55.3 Å². The summed E-state index contributed by atoms with van der Waals surface area (Å²) in [6.07, 6.45) is 3.98. The topological polar surface area (TPSA) is 64.9 Å². The molecule has 30 heavy (non-hydrogen) atoms. The summed E-state index contributed by atoms with van der Waals surface area (Å²) in [4.78, 5) is 17.6. The van der Waals surface area contributed by atoms with Crippen molar-refractivity contribution in [2.75, 3.05) is 19.5 Å². The molecule has 0 unspecified atom stereocenters. The van der Waals surface area contributed by atoms with Gasteiger partial charge in [-0.2, -0.15) is 0 Å². The number of fused-ring (bicyclic) bond motifs is 1. The maximum absolute atomic E-state index is 12.9. The van der Waals surface area contributed by atoms with E-state index in [1.165, 1.54) is 0 Å². The van der Waals surface area contributed by atoms with E-state index in [0.717, 1.165) is 33.7 Å². The summed E-state index contributed by atoms with van der Waals surface area (Å²) in [6, 6.07) is 15.1. The number of imidazole rings is 1. The summed E-state index contributed by atoms with van der Waals surface area (Å²) >= 11 is 0. The van der Waals surface area contributed by atoms with Crippen molar-refractivity contribution in [2.45, 2.75) is 13.8 Å². The van der Waals surface area contributed by atoms with Gasteiger partial charge < -0.3 is 19.2 Å². The van der Waals surface area contributed by atoms with Crippen LogP contribution in [0.2, 0.25) is 0 Å². The minimum absolute atomic E-state index is 0.238. The second-order valence-corrected chi connectivity index (χ2v) is 7.18. The third-order valence-electron chi connectivity index (χ3n) is 5.01. The fourth-order valence-corrected chi connectivity index (χ4v) is 3.27. The lowest BCUT2D eigenvalue weighted by molar-refractivity contribution is 0.102. The van der Waals surface area contributed by atoms with Gasteiger partial charge >= 0.3 is 0 Å². The third-order valence-corrected chi connectivity index (χ3v) is 5.01. The number of aromatic nitrogens is 2. The Bertz CT molecular complexity index is 1220. The average Bonchev–Trinajstić information content (AvgIpc) is 3.17. The third kappa shape index (κ3) is 3.85. The molecule has 2 heterocycles. The Morgan fingerprint density at radius 3 is 2.40 bits per heavy atom. The van der Waals surface area contributed by atoms with Gasteiger partial charge in [0.05, 0.1) is 19.9 Å². The summed E-state index contributed by atoms with van der Waals surface area (Å²) in [5, 5.41) is 3.00. The molecule has 4 rings (SSSR count). The van der Waals surface area contributed by atoms with Crippen LogP contribution in [0.15, 0.2) is 60.9 Å². The number of hydrogen-bond acceptors (Lipinski definition) is 4. The molecule has 0 saturated carbocycles. The highest BCUT2D eigenvalue weighted by atomic mass is 16.5. The number of hydrogen-bond donors (Lipinski definition) is 1. The molecule has 0 aliphatic carbocycles. The molecule has 0 aliphatic rings. The number of ether oxygens (including phenoxy) is 2. The number of aryl methyl sites for hydroxylation is 2. The lowest BCUT2D eigenvalue weighted by Crippen LogP contribution is -2.13. The Labute approximate surface area is 175 Å². The van der Waals surface area contributed by atoms with E-state index in [1.807, 2.05) is 61.0 Å². The molecule has 2 aromatic carbocycles. The van der Waals surface area contributed by atoms with Crippen LogP contribution >= 0.6 is 0 Å². The van der Waals surface area contributed by atoms with Gasteiger partial charge in [-0.1, -0.05) is 12.1 Å². The van der Waals surface area contributed by atoms with Crippen molar-refractivity contribution in [3.8, 4) is 22.8 Å². The molecule has 4 aromatic rings. The maximum Gasteiger partial charge on any atom is 0.255 e. The highest BCUT2D eigenvalue weighted by molar-refractivity contribution is 6.05. The Morgan fingerprint density at radius 2 is 1.70 bits per heavy atom. The largest absolute Gasteiger partial charge is 0.497 e. The minimum Gasteiger partial charge on any atom is -0.497 e. The number of rotatable bonds is 5. The molecule has 0 fully saturated rings. The van der Waals surface area contributed by atoms with Crippen LogP contribution in [0.25, 0.3) is 16.9 Å². The predicted molar refractivity (Wildman–Crippen MR) is 118 cm³/mol. The second kappa shape index (κ2) is 7.91. The van der Waals surface area contributed by atoms with E-state index in [-0.39, 0.29) is 5.91 Å². The summed E-state index contributed by atoms with van der Waals surface area (Å²) in [6.45, 7) is 4.00. The van der Waals surface area contributed by atoms with Gasteiger partial charge in [0.25, 0.3) is 5.91 Å². The summed E-state index contributed by atoms with van der Waals surface area (Å²) in [5.74, 6) is 0.882. The molecule has 2 aromatic heterocycles. The Kier molecular flexibility index (Phi) is 5.14. The molecule has 0 radical (unpaired) electrons. The number of carbonyl (C=O) groups excluding carboxylic acids is 1. The quantitative estimate of drug-likeness (QED) is 0.517. The second-order valence-electron chi connectivity index (χ2n) is 7.18. The van der Waals surface area contributed by atoms with Crippen molar-refractivity contribution in [3.05, 3.63) is 77.6 Å². The molecule has 1 N–H and O–H groups in total. The number of amides is 1. The first kappa shape index (κ1) is 19.5. The van der Waals surface area contributed by atoms with Crippen LogP contribution in [-0.4, -0.2) is 29.5 Å².